The molecule has 0 aliphatic carbocycles. The first-order valence-electron chi connectivity index (χ1n) is 22.5. The Labute approximate surface area is 337 Å². The Kier molecular flexibility index (Phi) is 40.5. The highest BCUT2D eigenvalue weighted by molar-refractivity contribution is 7.47. The molecule has 0 spiro atoms. The zero-order valence-corrected chi connectivity index (χ0v) is 36.3. The molecular weight excluding hydrogens is 713 g/mol. The fourth-order valence-electron chi connectivity index (χ4n) is 6.13. The fraction of sp³-hybridized carbons (Fsp3) is 0.822. The van der Waals surface area contributed by atoms with Crippen LogP contribution in [0.2, 0.25) is 0 Å². The van der Waals surface area contributed by atoms with Crippen LogP contribution < -0.4 is 5.73 Å². The first-order valence-corrected chi connectivity index (χ1v) is 24.0. The van der Waals surface area contributed by atoms with E-state index in [1.54, 1.807) is 0 Å². The van der Waals surface area contributed by atoms with Gasteiger partial charge in [0.1, 0.15) is 6.61 Å². The number of carbonyl (C=O) groups is 2. The summed E-state index contributed by atoms with van der Waals surface area (Å²) in [6, 6.07) is 0. The molecule has 1 unspecified atom stereocenters. The second-order valence-electron chi connectivity index (χ2n) is 14.9. The maximum atomic E-state index is 12.6. The van der Waals surface area contributed by atoms with E-state index in [0.29, 0.717) is 6.42 Å². The number of phosphoric acid groups is 1. The highest BCUT2D eigenvalue weighted by Crippen LogP contribution is 2.43. The molecule has 0 aliphatic rings. The van der Waals surface area contributed by atoms with E-state index in [9.17, 15) is 19.0 Å². The number of phosphoric ester groups is 1. The Hall–Kier alpha value is -1.77. The average Bonchev–Trinajstić information content (AvgIpc) is 3.17. The molecule has 0 saturated heterocycles. The molecule has 0 aromatic heterocycles. The number of esters is 2. The average molecular weight is 798 g/mol. The van der Waals surface area contributed by atoms with E-state index in [1.807, 2.05) is 0 Å². The van der Waals surface area contributed by atoms with Gasteiger partial charge in [0.2, 0.25) is 0 Å². The topological polar surface area (TPSA) is 134 Å². The molecule has 0 heterocycles. The molecule has 0 bridgehead atoms. The molecule has 0 radical (unpaired) electrons. The Morgan fingerprint density at radius 1 is 0.545 bits per heavy atom. The van der Waals surface area contributed by atoms with Crippen molar-refractivity contribution >= 4 is 19.8 Å². The molecule has 0 fully saturated rings. The first-order chi connectivity index (χ1) is 26.8. The predicted molar refractivity (Wildman–Crippen MR) is 229 cm³/mol. The highest BCUT2D eigenvalue weighted by atomic mass is 31.2. The zero-order chi connectivity index (χ0) is 40.3. The zero-order valence-electron chi connectivity index (χ0n) is 35.4. The van der Waals surface area contributed by atoms with Crippen molar-refractivity contribution in [2.75, 3.05) is 26.4 Å². The fourth-order valence-corrected chi connectivity index (χ4v) is 6.89. The van der Waals surface area contributed by atoms with Crippen LogP contribution in [-0.4, -0.2) is 49.3 Å². The largest absolute Gasteiger partial charge is 0.472 e. The quantitative estimate of drug-likeness (QED) is 0.0268. The second kappa shape index (κ2) is 41.9. The molecule has 0 aromatic rings. The van der Waals surface area contributed by atoms with Gasteiger partial charge < -0.3 is 20.1 Å². The number of hydrogen-bond acceptors (Lipinski definition) is 8. The van der Waals surface area contributed by atoms with Gasteiger partial charge in [0, 0.05) is 19.4 Å². The van der Waals surface area contributed by atoms with Crippen LogP contribution >= 0.6 is 7.82 Å². The van der Waals surface area contributed by atoms with Crippen molar-refractivity contribution in [2.45, 2.75) is 213 Å². The van der Waals surface area contributed by atoms with Crippen LogP contribution in [0.5, 0.6) is 0 Å². The lowest BCUT2D eigenvalue weighted by Gasteiger charge is -2.19. The predicted octanol–water partition coefficient (Wildman–Crippen LogP) is 12.9. The van der Waals surface area contributed by atoms with Gasteiger partial charge in [0.15, 0.2) is 6.10 Å². The molecule has 0 rings (SSSR count). The lowest BCUT2D eigenvalue weighted by Crippen LogP contribution is -2.29. The Morgan fingerprint density at radius 3 is 1.44 bits per heavy atom. The normalized spacial score (nSPS) is 13.6. The van der Waals surface area contributed by atoms with Crippen LogP contribution in [0, 0.1) is 0 Å². The minimum Gasteiger partial charge on any atom is -0.462 e. The lowest BCUT2D eigenvalue weighted by molar-refractivity contribution is -0.161. The van der Waals surface area contributed by atoms with Crippen molar-refractivity contribution in [3.05, 3.63) is 36.5 Å². The molecule has 0 aromatic carbocycles. The van der Waals surface area contributed by atoms with E-state index in [0.717, 1.165) is 51.4 Å². The number of carbonyl (C=O) groups excluding carboxylic acids is 2. The van der Waals surface area contributed by atoms with Crippen molar-refractivity contribution in [1.82, 2.24) is 0 Å². The van der Waals surface area contributed by atoms with E-state index >= 15 is 0 Å². The smallest absolute Gasteiger partial charge is 0.462 e. The van der Waals surface area contributed by atoms with Crippen LogP contribution in [0.1, 0.15) is 206 Å². The van der Waals surface area contributed by atoms with Gasteiger partial charge in [-0.15, -0.1) is 0 Å². The third-order valence-electron chi connectivity index (χ3n) is 9.50. The molecule has 2 atom stereocenters. The minimum absolute atomic E-state index is 0.0520. The number of allylic oxidation sites excluding steroid dienone is 6. The van der Waals surface area contributed by atoms with Gasteiger partial charge >= 0.3 is 19.8 Å². The Balaban J connectivity index is 4.12. The Morgan fingerprint density at radius 2 is 0.945 bits per heavy atom. The molecule has 9 nitrogen and oxygen atoms in total. The lowest BCUT2D eigenvalue weighted by atomic mass is 10.1. The van der Waals surface area contributed by atoms with Crippen molar-refractivity contribution < 1.29 is 37.6 Å². The minimum atomic E-state index is -4.38. The molecule has 0 saturated carbocycles. The van der Waals surface area contributed by atoms with E-state index in [2.05, 4.69) is 50.3 Å². The summed E-state index contributed by atoms with van der Waals surface area (Å²) in [6.07, 6.45) is 45.9. The number of ether oxygens (including phenoxy) is 2. The summed E-state index contributed by atoms with van der Waals surface area (Å²) >= 11 is 0. The molecule has 55 heavy (non-hydrogen) atoms. The summed E-state index contributed by atoms with van der Waals surface area (Å²) in [5.41, 5.74) is 5.35. The van der Waals surface area contributed by atoms with Crippen molar-refractivity contribution in [1.29, 1.82) is 0 Å². The van der Waals surface area contributed by atoms with Gasteiger partial charge in [-0.2, -0.15) is 0 Å². The molecule has 3 N–H and O–H groups in total. The van der Waals surface area contributed by atoms with Gasteiger partial charge in [0.25, 0.3) is 0 Å². The van der Waals surface area contributed by atoms with Crippen LogP contribution in [0.4, 0.5) is 0 Å². The van der Waals surface area contributed by atoms with Crippen molar-refractivity contribution in [3.63, 3.8) is 0 Å². The van der Waals surface area contributed by atoms with Gasteiger partial charge in [-0.3, -0.25) is 18.6 Å². The summed E-state index contributed by atoms with van der Waals surface area (Å²) in [6.45, 7) is 3.70. The first kappa shape index (κ1) is 53.2. The summed E-state index contributed by atoms with van der Waals surface area (Å²) in [5.74, 6) is -0.835. The molecular formula is C45H84NO8P. The van der Waals surface area contributed by atoms with E-state index in [4.69, 9.17) is 24.3 Å². The van der Waals surface area contributed by atoms with Gasteiger partial charge in [-0.1, -0.05) is 159 Å². The van der Waals surface area contributed by atoms with Gasteiger partial charge in [-0.05, 0) is 70.6 Å². The third-order valence-corrected chi connectivity index (χ3v) is 10.5. The van der Waals surface area contributed by atoms with E-state index in [-0.39, 0.29) is 38.6 Å². The standard InChI is InChI=1S/C45H84NO8P/c1-3-5-7-9-11-13-15-17-19-20-21-22-24-25-27-29-31-33-35-37-44(47)51-41-43(42-53-55(49,50)52-40-39-46)54-45(48)38-36-34-32-30-28-26-23-18-16-14-12-10-8-6-4-2/h11,13-14,16-17,19,43H,3-10,12,15,18,20-42,46H2,1-2H3,(H,49,50)/b13-11+,16-14+,19-17+/t43-/m1/s1. The molecule has 322 valence electrons. The highest BCUT2D eigenvalue weighted by Gasteiger charge is 2.26. The second-order valence-corrected chi connectivity index (χ2v) is 16.4. The number of unbranched alkanes of at least 4 members (excludes halogenated alkanes) is 23. The molecule has 0 amide bonds. The summed E-state index contributed by atoms with van der Waals surface area (Å²) in [7, 11) is -4.38. The van der Waals surface area contributed by atoms with Crippen molar-refractivity contribution in [3.8, 4) is 0 Å². The third kappa shape index (κ3) is 41.7. The molecule has 10 heteroatoms. The van der Waals surface area contributed by atoms with Gasteiger partial charge in [-0.25, -0.2) is 4.57 Å². The maximum absolute atomic E-state index is 12.6. The van der Waals surface area contributed by atoms with Crippen LogP contribution in [0.25, 0.3) is 0 Å². The SMILES string of the molecule is CCCCC/C=C/C/C=C/CCCCCCCCCCCC(=O)OC[C@H](COP(=O)(O)OCCN)OC(=O)CCCCCCCCC/C=C/CCCCCC. The molecule has 0 aliphatic heterocycles. The van der Waals surface area contributed by atoms with Crippen LogP contribution in [-0.2, 0) is 32.7 Å². The summed E-state index contributed by atoms with van der Waals surface area (Å²) in [4.78, 5) is 34.9. The van der Waals surface area contributed by atoms with E-state index in [1.165, 1.54) is 122 Å². The summed E-state index contributed by atoms with van der Waals surface area (Å²) < 4.78 is 32.8. The summed E-state index contributed by atoms with van der Waals surface area (Å²) in [5, 5.41) is 0. The number of nitrogens with two attached hydrogens (primary N) is 1. The number of rotatable bonds is 42. The van der Waals surface area contributed by atoms with Gasteiger partial charge in [0.05, 0.1) is 13.2 Å². The van der Waals surface area contributed by atoms with Crippen LogP contribution in [0.3, 0.4) is 0 Å². The van der Waals surface area contributed by atoms with E-state index < -0.39 is 26.5 Å². The number of hydrogen-bond donors (Lipinski definition) is 2. The van der Waals surface area contributed by atoms with Crippen molar-refractivity contribution in [2.24, 2.45) is 5.73 Å². The monoisotopic (exact) mass is 798 g/mol. The Bertz CT molecular complexity index is 1000. The van der Waals surface area contributed by atoms with Crippen LogP contribution in [0.15, 0.2) is 36.5 Å². The maximum Gasteiger partial charge on any atom is 0.472 e.